The SMILES string of the molecule is CCCc1nc(Br)cc(NCc2cn[nH]c2C)n1. The molecule has 0 saturated heterocycles. The molecule has 2 aromatic rings. The van der Waals surface area contributed by atoms with Gasteiger partial charge in [0.25, 0.3) is 0 Å². The zero-order valence-corrected chi connectivity index (χ0v) is 12.1. The van der Waals surface area contributed by atoms with E-state index in [-0.39, 0.29) is 0 Å². The summed E-state index contributed by atoms with van der Waals surface area (Å²) in [6, 6.07) is 1.88. The van der Waals surface area contributed by atoms with Crippen molar-refractivity contribution in [2.24, 2.45) is 0 Å². The van der Waals surface area contributed by atoms with Gasteiger partial charge in [-0.1, -0.05) is 6.92 Å². The fourth-order valence-corrected chi connectivity index (χ4v) is 2.05. The lowest BCUT2D eigenvalue weighted by Crippen LogP contribution is -2.05. The molecule has 6 heteroatoms. The van der Waals surface area contributed by atoms with Crippen molar-refractivity contribution >= 4 is 21.7 Å². The van der Waals surface area contributed by atoms with Crippen LogP contribution in [0, 0.1) is 6.92 Å². The first-order chi connectivity index (χ1) is 8.69. The Morgan fingerprint density at radius 3 is 2.89 bits per heavy atom. The number of aromatic amines is 1. The Hall–Kier alpha value is -1.43. The molecule has 0 aliphatic heterocycles. The minimum absolute atomic E-state index is 0.706. The Morgan fingerprint density at radius 2 is 2.22 bits per heavy atom. The summed E-state index contributed by atoms with van der Waals surface area (Å²) in [5.74, 6) is 1.69. The number of nitrogens with one attached hydrogen (secondary N) is 2. The number of hydrogen-bond acceptors (Lipinski definition) is 4. The molecule has 0 fully saturated rings. The monoisotopic (exact) mass is 309 g/mol. The van der Waals surface area contributed by atoms with Crippen molar-refractivity contribution in [3.8, 4) is 0 Å². The van der Waals surface area contributed by atoms with Gasteiger partial charge in [0.2, 0.25) is 0 Å². The smallest absolute Gasteiger partial charge is 0.132 e. The van der Waals surface area contributed by atoms with Gasteiger partial charge in [-0.05, 0) is 29.3 Å². The quantitative estimate of drug-likeness (QED) is 0.833. The third-order valence-electron chi connectivity index (χ3n) is 2.61. The van der Waals surface area contributed by atoms with Crippen molar-refractivity contribution in [3.05, 3.63) is 33.9 Å². The molecule has 0 unspecified atom stereocenters. The molecule has 0 aliphatic rings. The summed E-state index contributed by atoms with van der Waals surface area (Å²) in [6.45, 7) is 4.83. The molecule has 18 heavy (non-hydrogen) atoms. The predicted octanol–water partition coefficient (Wildman–Crippen LogP) is 2.84. The van der Waals surface area contributed by atoms with E-state index in [1.807, 2.05) is 19.2 Å². The van der Waals surface area contributed by atoms with Crippen molar-refractivity contribution in [1.82, 2.24) is 20.2 Å². The molecular formula is C12H16BrN5. The molecule has 2 heterocycles. The van der Waals surface area contributed by atoms with Crippen molar-refractivity contribution in [2.75, 3.05) is 5.32 Å². The topological polar surface area (TPSA) is 66.5 Å². The molecule has 0 spiro atoms. The minimum Gasteiger partial charge on any atom is -0.366 e. The highest BCUT2D eigenvalue weighted by Gasteiger charge is 2.04. The maximum atomic E-state index is 4.47. The Labute approximate surface area is 115 Å². The molecule has 2 rings (SSSR count). The second-order valence-corrected chi connectivity index (χ2v) is 4.93. The zero-order valence-electron chi connectivity index (χ0n) is 10.5. The largest absolute Gasteiger partial charge is 0.366 e. The third-order valence-corrected chi connectivity index (χ3v) is 3.02. The highest BCUT2D eigenvalue weighted by atomic mass is 79.9. The number of halogens is 1. The second-order valence-electron chi connectivity index (χ2n) is 4.12. The van der Waals surface area contributed by atoms with E-state index >= 15 is 0 Å². The molecule has 2 N–H and O–H groups in total. The minimum atomic E-state index is 0.706. The average molecular weight is 310 g/mol. The van der Waals surface area contributed by atoms with Crippen LogP contribution < -0.4 is 5.32 Å². The Balaban J connectivity index is 2.07. The van der Waals surface area contributed by atoms with Crippen LogP contribution in [0.25, 0.3) is 0 Å². The molecule has 0 atom stereocenters. The summed E-state index contributed by atoms with van der Waals surface area (Å²) in [7, 11) is 0. The molecule has 0 saturated carbocycles. The Bertz CT molecular complexity index is 523. The van der Waals surface area contributed by atoms with Crippen LogP contribution in [-0.4, -0.2) is 20.2 Å². The number of aromatic nitrogens is 4. The Kier molecular flexibility index (Phi) is 4.30. The first-order valence-electron chi connectivity index (χ1n) is 5.95. The summed E-state index contributed by atoms with van der Waals surface area (Å²) in [5, 5.41) is 10.2. The van der Waals surface area contributed by atoms with Gasteiger partial charge in [-0.2, -0.15) is 5.10 Å². The third kappa shape index (κ3) is 3.29. The first kappa shape index (κ1) is 13.0. The van der Waals surface area contributed by atoms with Gasteiger partial charge in [0.05, 0.1) is 6.20 Å². The van der Waals surface area contributed by atoms with Crippen molar-refractivity contribution in [3.63, 3.8) is 0 Å². The maximum absolute atomic E-state index is 4.47. The van der Waals surface area contributed by atoms with Crippen LogP contribution in [0.5, 0.6) is 0 Å². The number of H-pyrrole nitrogens is 1. The van der Waals surface area contributed by atoms with Crippen LogP contribution in [0.4, 0.5) is 5.82 Å². The highest BCUT2D eigenvalue weighted by molar-refractivity contribution is 9.10. The van der Waals surface area contributed by atoms with E-state index in [1.165, 1.54) is 0 Å². The van der Waals surface area contributed by atoms with E-state index in [1.54, 1.807) is 0 Å². The average Bonchev–Trinajstić information content (AvgIpc) is 2.72. The molecule has 0 aliphatic carbocycles. The van der Waals surface area contributed by atoms with Gasteiger partial charge in [0.15, 0.2) is 0 Å². The van der Waals surface area contributed by atoms with Crippen molar-refractivity contribution in [2.45, 2.75) is 33.2 Å². The van der Waals surface area contributed by atoms with Crippen LogP contribution in [-0.2, 0) is 13.0 Å². The van der Waals surface area contributed by atoms with Gasteiger partial charge in [-0.15, -0.1) is 0 Å². The fourth-order valence-electron chi connectivity index (χ4n) is 1.63. The molecule has 0 bridgehead atoms. The molecule has 0 amide bonds. The second kappa shape index (κ2) is 5.95. The van der Waals surface area contributed by atoms with Crippen LogP contribution in [0.3, 0.4) is 0 Å². The number of rotatable bonds is 5. The van der Waals surface area contributed by atoms with Crippen LogP contribution in [0.1, 0.15) is 30.4 Å². The normalized spacial score (nSPS) is 10.6. The first-order valence-corrected chi connectivity index (χ1v) is 6.74. The van der Waals surface area contributed by atoms with Gasteiger partial charge in [-0.25, -0.2) is 9.97 Å². The van der Waals surface area contributed by atoms with E-state index in [4.69, 9.17) is 0 Å². The molecule has 96 valence electrons. The van der Waals surface area contributed by atoms with Crippen LogP contribution >= 0.6 is 15.9 Å². The van der Waals surface area contributed by atoms with E-state index in [2.05, 4.69) is 48.3 Å². The summed E-state index contributed by atoms with van der Waals surface area (Å²) >= 11 is 3.41. The molecule has 0 aromatic carbocycles. The lowest BCUT2D eigenvalue weighted by molar-refractivity contribution is 0.828. The van der Waals surface area contributed by atoms with Gasteiger partial charge in [-0.3, -0.25) is 5.10 Å². The zero-order chi connectivity index (χ0) is 13.0. The molecule has 5 nitrogen and oxygen atoms in total. The number of hydrogen-bond donors (Lipinski definition) is 2. The van der Waals surface area contributed by atoms with Gasteiger partial charge < -0.3 is 5.32 Å². The summed E-state index contributed by atoms with van der Waals surface area (Å²) in [6.07, 6.45) is 3.75. The molecule has 0 radical (unpaired) electrons. The lowest BCUT2D eigenvalue weighted by Gasteiger charge is -2.07. The highest BCUT2D eigenvalue weighted by Crippen LogP contribution is 2.14. The fraction of sp³-hybridized carbons (Fsp3) is 0.417. The molecular weight excluding hydrogens is 294 g/mol. The number of anilines is 1. The van der Waals surface area contributed by atoms with E-state index in [0.29, 0.717) is 6.54 Å². The van der Waals surface area contributed by atoms with Gasteiger partial charge in [0, 0.05) is 30.3 Å². The summed E-state index contributed by atoms with van der Waals surface area (Å²) in [5.41, 5.74) is 2.21. The maximum Gasteiger partial charge on any atom is 0.132 e. The Morgan fingerprint density at radius 1 is 1.39 bits per heavy atom. The van der Waals surface area contributed by atoms with E-state index < -0.39 is 0 Å². The lowest BCUT2D eigenvalue weighted by atomic mass is 10.2. The predicted molar refractivity (Wildman–Crippen MR) is 74.4 cm³/mol. The number of aryl methyl sites for hydroxylation is 2. The molecule has 2 aromatic heterocycles. The van der Waals surface area contributed by atoms with Crippen LogP contribution in [0.2, 0.25) is 0 Å². The van der Waals surface area contributed by atoms with Gasteiger partial charge in [0.1, 0.15) is 16.2 Å². The van der Waals surface area contributed by atoms with E-state index in [0.717, 1.165) is 40.3 Å². The van der Waals surface area contributed by atoms with Crippen molar-refractivity contribution < 1.29 is 0 Å². The summed E-state index contributed by atoms with van der Waals surface area (Å²) in [4.78, 5) is 8.80. The van der Waals surface area contributed by atoms with Crippen LogP contribution in [0.15, 0.2) is 16.9 Å². The van der Waals surface area contributed by atoms with Gasteiger partial charge >= 0.3 is 0 Å². The summed E-state index contributed by atoms with van der Waals surface area (Å²) < 4.78 is 0.812. The number of nitrogens with zero attached hydrogens (tertiary/aromatic N) is 3. The van der Waals surface area contributed by atoms with Crippen molar-refractivity contribution in [1.29, 1.82) is 0 Å². The van der Waals surface area contributed by atoms with E-state index in [9.17, 15) is 0 Å². The standard InChI is InChI=1S/C12H16BrN5/c1-3-4-11-16-10(13)5-12(17-11)14-6-9-7-15-18-8(9)2/h5,7H,3-4,6H2,1-2H3,(H,15,18)(H,14,16,17).